The van der Waals surface area contributed by atoms with Gasteiger partial charge in [-0.2, -0.15) is 0 Å². The number of hydrogen-bond donors (Lipinski definition) is 3. The SMILES string of the molecule is CN=C(NCc1ccc(NC(=O)c2ccco2)cc1)NC(C)c1ccc(C)c(F)c1. The first-order valence-corrected chi connectivity index (χ1v) is 9.63. The maximum atomic E-state index is 13.8. The molecule has 0 aliphatic carbocycles. The van der Waals surface area contributed by atoms with Crippen molar-refractivity contribution in [2.45, 2.75) is 26.4 Å². The van der Waals surface area contributed by atoms with Crippen LogP contribution in [-0.4, -0.2) is 18.9 Å². The van der Waals surface area contributed by atoms with E-state index in [1.54, 1.807) is 32.2 Å². The van der Waals surface area contributed by atoms with Gasteiger partial charge in [0.15, 0.2) is 11.7 Å². The largest absolute Gasteiger partial charge is 0.459 e. The lowest BCUT2D eigenvalue weighted by molar-refractivity contribution is 0.0996. The van der Waals surface area contributed by atoms with E-state index in [9.17, 15) is 9.18 Å². The predicted molar refractivity (Wildman–Crippen MR) is 116 cm³/mol. The van der Waals surface area contributed by atoms with Gasteiger partial charge in [-0.1, -0.05) is 24.3 Å². The number of aryl methyl sites for hydroxylation is 1. The van der Waals surface area contributed by atoms with Gasteiger partial charge >= 0.3 is 0 Å². The minimum Gasteiger partial charge on any atom is -0.459 e. The van der Waals surface area contributed by atoms with Crippen LogP contribution in [0.2, 0.25) is 0 Å². The zero-order valence-corrected chi connectivity index (χ0v) is 17.2. The summed E-state index contributed by atoms with van der Waals surface area (Å²) in [7, 11) is 1.69. The molecular weight excluding hydrogens is 383 g/mol. The summed E-state index contributed by atoms with van der Waals surface area (Å²) in [5.74, 6) is 0.359. The van der Waals surface area contributed by atoms with Gasteiger partial charge in [0.2, 0.25) is 0 Å². The minimum absolute atomic E-state index is 0.106. The van der Waals surface area contributed by atoms with Gasteiger partial charge in [0.05, 0.1) is 12.3 Å². The summed E-state index contributed by atoms with van der Waals surface area (Å²) in [5, 5.41) is 9.28. The van der Waals surface area contributed by atoms with Crippen LogP contribution >= 0.6 is 0 Å². The number of nitrogens with one attached hydrogen (secondary N) is 3. The molecule has 3 rings (SSSR count). The molecule has 30 heavy (non-hydrogen) atoms. The van der Waals surface area contributed by atoms with Crippen molar-refractivity contribution in [3.05, 3.63) is 89.1 Å². The molecular formula is C23H25FN4O2. The van der Waals surface area contributed by atoms with Crippen molar-refractivity contribution in [3.8, 4) is 0 Å². The van der Waals surface area contributed by atoms with E-state index in [0.29, 0.717) is 23.8 Å². The van der Waals surface area contributed by atoms with Crippen LogP contribution in [-0.2, 0) is 6.54 Å². The van der Waals surface area contributed by atoms with E-state index in [1.807, 2.05) is 37.3 Å². The predicted octanol–water partition coefficient (Wildman–Crippen LogP) is 4.41. The third kappa shape index (κ3) is 5.47. The molecule has 1 atom stereocenters. The first-order chi connectivity index (χ1) is 14.5. The van der Waals surface area contributed by atoms with E-state index < -0.39 is 0 Å². The van der Waals surface area contributed by atoms with E-state index in [4.69, 9.17) is 4.42 Å². The lowest BCUT2D eigenvalue weighted by Crippen LogP contribution is -2.38. The Labute approximate surface area is 175 Å². The molecule has 0 saturated heterocycles. The van der Waals surface area contributed by atoms with Crippen molar-refractivity contribution in [1.29, 1.82) is 0 Å². The van der Waals surface area contributed by atoms with Gasteiger partial charge in [-0.15, -0.1) is 0 Å². The normalized spacial score (nSPS) is 12.3. The maximum absolute atomic E-state index is 13.8. The van der Waals surface area contributed by atoms with Crippen LogP contribution in [0, 0.1) is 12.7 Å². The second kappa shape index (κ2) is 9.73. The number of anilines is 1. The molecule has 0 aliphatic rings. The van der Waals surface area contributed by atoms with Gasteiger partial charge in [0, 0.05) is 19.3 Å². The standard InChI is InChI=1S/C23H25FN4O2/c1-15-6-9-18(13-20(15)24)16(2)27-23(25-3)26-14-17-7-10-19(11-8-17)28-22(29)21-5-4-12-30-21/h4-13,16H,14H2,1-3H3,(H,28,29)(H2,25,26,27). The minimum atomic E-state index is -0.294. The van der Waals surface area contributed by atoms with Crippen LogP contribution < -0.4 is 16.0 Å². The van der Waals surface area contributed by atoms with Crippen molar-refractivity contribution in [2.24, 2.45) is 4.99 Å². The maximum Gasteiger partial charge on any atom is 0.291 e. The Morgan fingerprint density at radius 3 is 2.57 bits per heavy atom. The van der Waals surface area contributed by atoms with Crippen LogP contribution in [0.3, 0.4) is 0 Å². The molecule has 0 bridgehead atoms. The number of carbonyl (C=O) groups excluding carboxylic acids is 1. The van der Waals surface area contributed by atoms with Crippen molar-refractivity contribution in [3.63, 3.8) is 0 Å². The Balaban J connectivity index is 1.53. The van der Waals surface area contributed by atoms with E-state index in [2.05, 4.69) is 20.9 Å². The molecule has 0 spiro atoms. The molecule has 3 N–H and O–H groups in total. The Kier molecular flexibility index (Phi) is 6.85. The molecule has 6 nitrogen and oxygen atoms in total. The number of amides is 1. The number of aliphatic imine (C=N–C) groups is 1. The zero-order chi connectivity index (χ0) is 21.5. The smallest absolute Gasteiger partial charge is 0.291 e. The zero-order valence-electron chi connectivity index (χ0n) is 17.2. The lowest BCUT2D eigenvalue weighted by atomic mass is 10.1. The van der Waals surface area contributed by atoms with E-state index in [-0.39, 0.29) is 23.5 Å². The number of carbonyl (C=O) groups is 1. The third-order valence-electron chi connectivity index (χ3n) is 4.69. The van der Waals surface area contributed by atoms with Crippen molar-refractivity contribution >= 4 is 17.6 Å². The van der Waals surface area contributed by atoms with Crippen molar-refractivity contribution in [2.75, 3.05) is 12.4 Å². The highest BCUT2D eigenvalue weighted by Gasteiger charge is 2.11. The highest BCUT2D eigenvalue weighted by molar-refractivity contribution is 6.02. The van der Waals surface area contributed by atoms with Gasteiger partial charge < -0.3 is 20.4 Å². The van der Waals surface area contributed by atoms with E-state index in [1.165, 1.54) is 12.3 Å². The van der Waals surface area contributed by atoms with Gasteiger partial charge in [0.25, 0.3) is 5.91 Å². The van der Waals surface area contributed by atoms with Gasteiger partial charge in [-0.25, -0.2) is 4.39 Å². The number of halogens is 1. The molecule has 156 valence electrons. The van der Waals surface area contributed by atoms with Crippen LogP contribution in [0.1, 0.15) is 40.2 Å². The third-order valence-corrected chi connectivity index (χ3v) is 4.69. The number of guanidine groups is 1. The van der Waals surface area contributed by atoms with Crippen LogP contribution in [0.4, 0.5) is 10.1 Å². The number of nitrogens with zero attached hydrogens (tertiary/aromatic N) is 1. The van der Waals surface area contributed by atoms with Crippen molar-refractivity contribution in [1.82, 2.24) is 10.6 Å². The number of rotatable bonds is 6. The van der Waals surface area contributed by atoms with Gasteiger partial charge in [-0.3, -0.25) is 9.79 Å². The molecule has 0 radical (unpaired) electrons. The molecule has 0 aliphatic heterocycles. The fourth-order valence-electron chi connectivity index (χ4n) is 2.85. The van der Waals surface area contributed by atoms with Crippen LogP contribution in [0.25, 0.3) is 0 Å². The molecule has 7 heteroatoms. The molecule has 1 amide bonds. The molecule has 2 aromatic carbocycles. The van der Waals surface area contributed by atoms with Crippen molar-refractivity contribution < 1.29 is 13.6 Å². The Morgan fingerprint density at radius 2 is 1.93 bits per heavy atom. The second-order valence-corrected chi connectivity index (χ2v) is 6.93. The summed E-state index contributed by atoms with van der Waals surface area (Å²) in [6, 6.07) is 15.9. The fraction of sp³-hybridized carbons (Fsp3) is 0.217. The fourth-order valence-corrected chi connectivity index (χ4v) is 2.85. The number of hydrogen-bond acceptors (Lipinski definition) is 3. The Bertz CT molecular complexity index is 1010. The first kappa shape index (κ1) is 21.1. The van der Waals surface area contributed by atoms with Gasteiger partial charge in [0.1, 0.15) is 5.82 Å². The summed E-state index contributed by atoms with van der Waals surface area (Å²) >= 11 is 0. The molecule has 0 fully saturated rings. The average molecular weight is 408 g/mol. The monoisotopic (exact) mass is 408 g/mol. The van der Waals surface area contributed by atoms with E-state index in [0.717, 1.165) is 11.1 Å². The topological polar surface area (TPSA) is 78.7 Å². The Morgan fingerprint density at radius 1 is 1.17 bits per heavy atom. The summed E-state index contributed by atoms with van der Waals surface area (Å²) in [6.07, 6.45) is 1.46. The highest BCUT2D eigenvalue weighted by atomic mass is 19.1. The molecule has 1 unspecified atom stereocenters. The second-order valence-electron chi connectivity index (χ2n) is 6.93. The summed E-state index contributed by atoms with van der Waals surface area (Å²) in [6.45, 7) is 4.24. The quantitative estimate of drug-likeness (QED) is 0.417. The summed E-state index contributed by atoms with van der Waals surface area (Å²) in [4.78, 5) is 16.2. The molecule has 3 aromatic rings. The Hall–Kier alpha value is -3.61. The molecule has 1 heterocycles. The average Bonchev–Trinajstić information content (AvgIpc) is 3.29. The first-order valence-electron chi connectivity index (χ1n) is 9.63. The number of benzene rings is 2. The van der Waals surface area contributed by atoms with Crippen LogP contribution in [0.5, 0.6) is 0 Å². The number of furan rings is 1. The molecule has 1 aromatic heterocycles. The lowest BCUT2D eigenvalue weighted by Gasteiger charge is -2.19. The van der Waals surface area contributed by atoms with Gasteiger partial charge in [-0.05, 0) is 60.9 Å². The summed E-state index contributed by atoms with van der Waals surface area (Å²) < 4.78 is 18.9. The van der Waals surface area contributed by atoms with Crippen LogP contribution in [0.15, 0.2) is 70.3 Å². The summed E-state index contributed by atoms with van der Waals surface area (Å²) in [5.41, 5.74) is 3.16. The molecule has 0 saturated carbocycles. The van der Waals surface area contributed by atoms with E-state index >= 15 is 0 Å². The highest BCUT2D eigenvalue weighted by Crippen LogP contribution is 2.16.